The molecular weight excluding hydrogens is 166 g/mol. The molecule has 0 bridgehead atoms. The van der Waals surface area contributed by atoms with Crippen LogP contribution < -0.4 is 10.6 Å². The van der Waals surface area contributed by atoms with E-state index in [2.05, 4.69) is 15.5 Å². The van der Waals surface area contributed by atoms with E-state index in [0.717, 1.165) is 32.7 Å². The highest BCUT2D eigenvalue weighted by Gasteiger charge is 2.09. The molecule has 76 valence electrons. The third kappa shape index (κ3) is 4.24. The van der Waals surface area contributed by atoms with Crippen LogP contribution in [-0.4, -0.2) is 50.6 Å². The van der Waals surface area contributed by atoms with E-state index in [1.165, 1.54) is 6.42 Å². The number of rotatable bonds is 3. The zero-order chi connectivity index (χ0) is 9.52. The molecule has 1 saturated heterocycles. The minimum absolute atomic E-state index is 0.136. The van der Waals surface area contributed by atoms with E-state index in [-0.39, 0.29) is 5.91 Å². The summed E-state index contributed by atoms with van der Waals surface area (Å²) >= 11 is 0. The van der Waals surface area contributed by atoms with E-state index in [1.807, 2.05) is 0 Å². The van der Waals surface area contributed by atoms with Gasteiger partial charge in [-0.1, -0.05) is 0 Å². The molecule has 1 fully saturated rings. The standard InChI is InChI=1S/C9H19N3O/c1-10-9(13)3-7-12-6-2-4-11-5-8-12/h11H,2-8H2,1H3,(H,10,13). The van der Waals surface area contributed by atoms with Gasteiger partial charge in [-0.25, -0.2) is 0 Å². The van der Waals surface area contributed by atoms with Crippen LogP contribution in [0.2, 0.25) is 0 Å². The average molecular weight is 185 g/mol. The zero-order valence-corrected chi connectivity index (χ0v) is 8.31. The Kier molecular flexibility index (Phi) is 4.78. The van der Waals surface area contributed by atoms with Crippen LogP contribution in [0, 0.1) is 0 Å². The first-order valence-electron chi connectivity index (χ1n) is 4.96. The number of hydrogen-bond donors (Lipinski definition) is 2. The fraction of sp³-hybridized carbons (Fsp3) is 0.889. The summed E-state index contributed by atoms with van der Waals surface area (Å²) in [6.45, 7) is 5.23. The smallest absolute Gasteiger partial charge is 0.221 e. The molecule has 1 rings (SSSR count). The second-order valence-corrected chi connectivity index (χ2v) is 3.37. The van der Waals surface area contributed by atoms with Crippen molar-refractivity contribution in [3.8, 4) is 0 Å². The van der Waals surface area contributed by atoms with Crippen molar-refractivity contribution in [2.75, 3.05) is 39.8 Å². The Balaban J connectivity index is 2.15. The van der Waals surface area contributed by atoms with E-state index in [0.29, 0.717) is 6.42 Å². The third-order valence-corrected chi connectivity index (χ3v) is 2.37. The average Bonchev–Trinajstić information content (AvgIpc) is 2.42. The van der Waals surface area contributed by atoms with E-state index >= 15 is 0 Å². The molecule has 1 amide bonds. The minimum atomic E-state index is 0.136. The Hall–Kier alpha value is -0.610. The summed E-state index contributed by atoms with van der Waals surface area (Å²) < 4.78 is 0. The van der Waals surface area contributed by atoms with Gasteiger partial charge in [0.15, 0.2) is 0 Å². The van der Waals surface area contributed by atoms with Crippen molar-refractivity contribution in [3.05, 3.63) is 0 Å². The predicted molar refractivity (Wildman–Crippen MR) is 52.6 cm³/mol. The number of carbonyl (C=O) groups is 1. The normalized spacial score (nSPS) is 19.5. The van der Waals surface area contributed by atoms with Crippen molar-refractivity contribution in [3.63, 3.8) is 0 Å². The Morgan fingerprint density at radius 3 is 3.08 bits per heavy atom. The Morgan fingerprint density at radius 1 is 1.46 bits per heavy atom. The van der Waals surface area contributed by atoms with Crippen LogP contribution in [0.4, 0.5) is 0 Å². The maximum absolute atomic E-state index is 11.0. The first kappa shape index (κ1) is 10.5. The van der Waals surface area contributed by atoms with Crippen molar-refractivity contribution < 1.29 is 4.79 Å². The van der Waals surface area contributed by atoms with Crippen molar-refractivity contribution in [2.24, 2.45) is 0 Å². The first-order chi connectivity index (χ1) is 6.33. The van der Waals surface area contributed by atoms with Crippen molar-refractivity contribution in [1.82, 2.24) is 15.5 Å². The van der Waals surface area contributed by atoms with Gasteiger partial charge < -0.3 is 15.5 Å². The molecule has 13 heavy (non-hydrogen) atoms. The fourth-order valence-electron chi connectivity index (χ4n) is 1.51. The Labute approximate surface area is 79.7 Å². The van der Waals surface area contributed by atoms with E-state index in [1.54, 1.807) is 7.05 Å². The topological polar surface area (TPSA) is 44.4 Å². The van der Waals surface area contributed by atoms with Gasteiger partial charge in [-0.3, -0.25) is 4.79 Å². The number of nitrogens with zero attached hydrogens (tertiary/aromatic N) is 1. The van der Waals surface area contributed by atoms with Crippen LogP contribution >= 0.6 is 0 Å². The van der Waals surface area contributed by atoms with Gasteiger partial charge in [0, 0.05) is 33.1 Å². The lowest BCUT2D eigenvalue weighted by Crippen LogP contribution is -2.32. The van der Waals surface area contributed by atoms with Crippen molar-refractivity contribution in [1.29, 1.82) is 0 Å². The molecule has 0 aromatic heterocycles. The number of carbonyl (C=O) groups excluding carboxylic acids is 1. The molecule has 1 heterocycles. The van der Waals surface area contributed by atoms with Crippen LogP contribution in [0.15, 0.2) is 0 Å². The summed E-state index contributed by atoms with van der Waals surface area (Å²) in [7, 11) is 1.69. The summed E-state index contributed by atoms with van der Waals surface area (Å²) in [6.07, 6.45) is 1.81. The second kappa shape index (κ2) is 5.94. The van der Waals surface area contributed by atoms with E-state index in [4.69, 9.17) is 0 Å². The van der Waals surface area contributed by atoms with Crippen LogP contribution in [0.1, 0.15) is 12.8 Å². The molecule has 1 aliphatic rings. The minimum Gasteiger partial charge on any atom is -0.359 e. The predicted octanol–water partition coefficient (Wildman–Crippen LogP) is -0.582. The SMILES string of the molecule is CNC(=O)CCN1CCCNCC1. The number of amides is 1. The van der Waals surface area contributed by atoms with Crippen molar-refractivity contribution in [2.45, 2.75) is 12.8 Å². The highest BCUT2D eigenvalue weighted by atomic mass is 16.1. The lowest BCUT2D eigenvalue weighted by Gasteiger charge is -2.18. The maximum Gasteiger partial charge on any atom is 0.221 e. The summed E-state index contributed by atoms with van der Waals surface area (Å²) in [6, 6.07) is 0. The molecule has 1 aliphatic heterocycles. The van der Waals surface area contributed by atoms with Crippen LogP contribution in [-0.2, 0) is 4.79 Å². The highest BCUT2D eigenvalue weighted by molar-refractivity contribution is 5.75. The quantitative estimate of drug-likeness (QED) is 0.618. The van der Waals surface area contributed by atoms with Crippen LogP contribution in [0.3, 0.4) is 0 Å². The number of hydrogen-bond acceptors (Lipinski definition) is 3. The van der Waals surface area contributed by atoms with Gasteiger partial charge in [0.25, 0.3) is 0 Å². The van der Waals surface area contributed by atoms with E-state index in [9.17, 15) is 4.79 Å². The zero-order valence-electron chi connectivity index (χ0n) is 8.31. The van der Waals surface area contributed by atoms with Gasteiger partial charge in [-0.05, 0) is 19.5 Å². The molecule has 0 aliphatic carbocycles. The summed E-state index contributed by atoms with van der Waals surface area (Å²) in [5.41, 5.74) is 0. The maximum atomic E-state index is 11.0. The molecule has 0 aromatic carbocycles. The van der Waals surface area contributed by atoms with Gasteiger partial charge in [-0.2, -0.15) is 0 Å². The fourth-order valence-corrected chi connectivity index (χ4v) is 1.51. The van der Waals surface area contributed by atoms with Gasteiger partial charge in [-0.15, -0.1) is 0 Å². The summed E-state index contributed by atoms with van der Waals surface area (Å²) in [5.74, 6) is 0.136. The molecule has 0 radical (unpaired) electrons. The first-order valence-corrected chi connectivity index (χ1v) is 4.96. The Morgan fingerprint density at radius 2 is 2.31 bits per heavy atom. The van der Waals surface area contributed by atoms with Crippen LogP contribution in [0.25, 0.3) is 0 Å². The number of nitrogens with one attached hydrogen (secondary N) is 2. The monoisotopic (exact) mass is 185 g/mol. The largest absolute Gasteiger partial charge is 0.359 e. The lowest BCUT2D eigenvalue weighted by atomic mass is 10.3. The second-order valence-electron chi connectivity index (χ2n) is 3.37. The summed E-state index contributed by atoms with van der Waals surface area (Å²) in [5, 5.41) is 5.98. The molecule has 4 nitrogen and oxygen atoms in total. The highest BCUT2D eigenvalue weighted by Crippen LogP contribution is 1.96. The summed E-state index contributed by atoms with van der Waals surface area (Å²) in [4.78, 5) is 13.3. The Bertz CT molecular complexity index is 153. The molecule has 0 saturated carbocycles. The van der Waals surface area contributed by atoms with Gasteiger partial charge >= 0.3 is 0 Å². The van der Waals surface area contributed by atoms with Crippen LogP contribution in [0.5, 0.6) is 0 Å². The molecule has 2 N–H and O–H groups in total. The molecule has 4 heteroatoms. The van der Waals surface area contributed by atoms with Crippen molar-refractivity contribution >= 4 is 5.91 Å². The molecule has 0 spiro atoms. The van der Waals surface area contributed by atoms with Gasteiger partial charge in [0.1, 0.15) is 0 Å². The molecular formula is C9H19N3O. The van der Waals surface area contributed by atoms with Gasteiger partial charge in [0.05, 0.1) is 0 Å². The lowest BCUT2D eigenvalue weighted by molar-refractivity contribution is -0.120. The third-order valence-electron chi connectivity index (χ3n) is 2.37. The molecule has 0 atom stereocenters. The molecule has 0 aromatic rings. The molecule has 0 unspecified atom stereocenters. The van der Waals surface area contributed by atoms with E-state index < -0.39 is 0 Å². The van der Waals surface area contributed by atoms with Gasteiger partial charge in [0.2, 0.25) is 5.91 Å².